The minimum atomic E-state index is 0.654. The minimum Gasteiger partial charge on any atom is -0.329 e. The lowest BCUT2D eigenvalue weighted by molar-refractivity contribution is -0.105. The van der Waals surface area contributed by atoms with Gasteiger partial charge in [0.05, 0.1) is 11.2 Å². The molecule has 0 saturated heterocycles. The Morgan fingerprint density at radius 1 is 1.35 bits per heavy atom. The minimum absolute atomic E-state index is 0.654. The van der Waals surface area contributed by atoms with Crippen LogP contribution in [0.3, 0.4) is 0 Å². The zero-order valence-corrected chi connectivity index (χ0v) is 10.9. The van der Waals surface area contributed by atoms with Crippen LogP contribution >= 0.6 is 0 Å². The van der Waals surface area contributed by atoms with E-state index in [1.807, 2.05) is 31.2 Å². The number of aromatic amines is 1. The van der Waals surface area contributed by atoms with Gasteiger partial charge in [0.25, 0.3) is 0 Å². The van der Waals surface area contributed by atoms with Crippen molar-refractivity contribution in [3.05, 3.63) is 36.3 Å². The van der Waals surface area contributed by atoms with Crippen molar-refractivity contribution in [1.82, 2.24) is 20.2 Å². The van der Waals surface area contributed by atoms with Crippen molar-refractivity contribution in [2.45, 2.75) is 13.3 Å². The van der Waals surface area contributed by atoms with Crippen LogP contribution in [0.2, 0.25) is 0 Å². The molecule has 20 heavy (non-hydrogen) atoms. The molecule has 2 aromatic heterocycles. The Morgan fingerprint density at radius 2 is 2.25 bits per heavy atom. The third-order valence-corrected chi connectivity index (χ3v) is 3.05. The van der Waals surface area contributed by atoms with Crippen molar-refractivity contribution in [2.75, 3.05) is 5.32 Å². The lowest BCUT2D eigenvalue weighted by Gasteiger charge is -2.01. The van der Waals surface area contributed by atoms with E-state index >= 15 is 0 Å². The Labute approximate surface area is 115 Å². The van der Waals surface area contributed by atoms with Gasteiger partial charge in [-0.2, -0.15) is 5.10 Å². The van der Waals surface area contributed by atoms with Crippen LogP contribution in [0.5, 0.6) is 0 Å². The Bertz CT molecular complexity index is 765. The predicted octanol–water partition coefficient (Wildman–Crippen LogP) is 2.15. The maximum atomic E-state index is 10.5. The van der Waals surface area contributed by atoms with E-state index in [0.717, 1.165) is 40.2 Å². The molecule has 0 aliphatic carbocycles. The van der Waals surface area contributed by atoms with Gasteiger partial charge < -0.3 is 5.32 Å². The molecular weight excluding hydrogens is 254 g/mol. The van der Waals surface area contributed by atoms with E-state index in [2.05, 4.69) is 25.5 Å². The zero-order valence-electron chi connectivity index (χ0n) is 10.9. The van der Waals surface area contributed by atoms with Gasteiger partial charge in [-0.25, -0.2) is 9.97 Å². The van der Waals surface area contributed by atoms with E-state index < -0.39 is 0 Å². The average Bonchev–Trinajstić information content (AvgIpc) is 2.91. The number of nitrogens with one attached hydrogen (secondary N) is 2. The Kier molecular flexibility index (Phi) is 3.12. The number of fused-ring (bicyclic) bond motifs is 1. The van der Waals surface area contributed by atoms with Crippen molar-refractivity contribution in [3.63, 3.8) is 0 Å². The summed E-state index contributed by atoms with van der Waals surface area (Å²) in [4.78, 5) is 19.2. The summed E-state index contributed by atoms with van der Waals surface area (Å²) in [5, 5.41) is 10.8. The number of aromatic nitrogens is 4. The first-order valence-electron chi connectivity index (χ1n) is 6.32. The number of benzene rings is 1. The fraction of sp³-hybridized carbons (Fsp3) is 0.143. The molecule has 0 aliphatic heterocycles. The summed E-state index contributed by atoms with van der Waals surface area (Å²) in [6.45, 7) is 2.01. The van der Waals surface area contributed by atoms with E-state index in [0.29, 0.717) is 6.41 Å². The van der Waals surface area contributed by atoms with Crippen LogP contribution in [-0.4, -0.2) is 26.6 Å². The largest absolute Gasteiger partial charge is 0.329 e. The zero-order chi connectivity index (χ0) is 13.9. The first kappa shape index (κ1) is 12.3. The molecule has 0 spiro atoms. The summed E-state index contributed by atoms with van der Waals surface area (Å²) in [5.41, 5.74) is 3.14. The molecule has 2 N–H and O–H groups in total. The number of rotatable bonds is 4. The molecule has 0 fully saturated rings. The molecule has 3 rings (SSSR count). The summed E-state index contributed by atoms with van der Waals surface area (Å²) in [7, 11) is 0. The maximum absolute atomic E-state index is 10.5. The first-order chi connectivity index (χ1) is 9.81. The van der Waals surface area contributed by atoms with E-state index in [1.165, 1.54) is 0 Å². The van der Waals surface area contributed by atoms with Gasteiger partial charge in [-0.1, -0.05) is 6.92 Å². The number of hydrogen-bond acceptors (Lipinski definition) is 4. The van der Waals surface area contributed by atoms with Crippen LogP contribution < -0.4 is 5.32 Å². The van der Waals surface area contributed by atoms with Crippen molar-refractivity contribution in [3.8, 4) is 11.4 Å². The van der Waals surface area contributed by atoms with Crippen LogP contribution in [0.15, 0.2) is 30.5 Å². The lowest BCUT2D eigenvalue weighted by atomic mass is 10.1. The molecule has 0 unspecified atom stereocenters. The SMILES string of the molecule is CCc1nccc(-c2n[nH]c3ccc(NC=O)cc23)n1. The molecule has 100 valence electrons. The molecule has 0 radical (unpaired) electrons. The van der Waals surface area contributed by atoms with Crippen LogP contribution in [-0.2, 0) is 11.2 Å². The summed E-state index contributed by atoms with van der Waals surface area (Å²) in [6.07, 6.45) is 3.16. The Balaban J connectivity index is 2.14. The molecular formula is C14H13N5O. The number of anilines is 1. The van der Waals surface area contributed by atoms with Gasteiger partial charge in [-0.05, 0) is 24.3 Å². The number of H-pyrrole nitrogens is 1. The van der Waals surface area contributed by atoms with Crippen LogP contribution in [0.25, 0.3) is 22.3 Å². The van der Waals surface area contributed by atoms with Gasteiger partial charge in [-0.15, -0.1) is 0 Å². The van der Waals surface area contributed by atoms with Gasteiger partial charge in [0.2, 0.25) is 6.41 Å². The van der Waals surface area contributed by atoms with Crippen molar-refractivity contribution in [2.24, 2.45) is 0 Å². The number of amides is 1. The highest BCUT2D eigenvalue weighted by Crippen LogP contribution is 2.27. The number of nitrogens with zero attached hydrogens (tertiary/aromatic N) is 3. The van der Waals surface area contributed by atoms with Gasteiger partial charge in [0.1, 0.15) is 11.5 Å². The summed E-state index contributed by atoms with van der Waals surface area (Å²) in [5.74, 6) is 0.779. The number of carbonyl (C=O) groups excluding carboxylic acids is 1. The average molecular weight is 267 g/mol. The topological polar surface area (TPSA) is 83.6 Å². The third-order valence-electron chi connectivity index (χ3n) is 3.05. The smallest absolute Gasteiger partial charge is 0.211 e. The van der Waals surface area contributed by atoms with E-state index in [-0.39, 0.29) is 0 Å². The van der Waals surface area contributed by atoms with Gasteiger partial charge in [-0.3, -0.25) is 9.89 Å². The summed E-state index contributed by atoms with van der Waals surface area (Å²) < 4.78 is 0. The monoisotopic (exact) mass is 267 g/mol. The molecule has 2 heterocycles. The van der Waals surface area contributed by atoms with Crippen LogP contribution in [0.1, 0.15) is 12.7 Å². The molecule has 0 saturated carbocycles. The predicted molar refractivity (Wildman–Crippen MR) is 76.2 cm³/mol. The quantitative estimate of drug-likeness (QED) is 0.709. The maximum Gasteiger partial charge on any atom is 0.211 e. The first-order valence-corrected chi connectivity index (χ1v) is 6.32. The molecule has 3 aromatic rings. The lowest BCUT2D eigenvalue weighted by Crippen LogP contribution is -1.95. The second-order valence-corrected chi connectivity index (χ2v) is 4.31. The van der Waals surface area contributed by atoms with Gasteiger partial charge in [0.15, 0.2) is 0 Å². The molecule has 6 nitrogen and oxygen atoms in total. The fourth-order valence-corrected chi connectivity index (χ4v) is 2.07. The summed E-state index contributed by atoms with van der Waals surface area (Å²) in [6, 6.07) is 7.39. The second-order valence-electron chi connectivity index (χ2n) is 4.31. The normalized spacial score (nSPS) is 10.7. The fourth-order valence-electron chi connectivity index (χ4n) is 2.07. The van der Waals surface area contributed by atoms with E-state index in [4.69, 9.17) is 0 Å². The molecule has 0 atom stereocenters. The highest BCUT2D eigenvalue weighted by atomic mass is 16.1. The van der Waals surface area contributed by atoms with Crippen LogP contribution in [0, 0.1) is 0 Å². The van der Waals surface area contributed by atoms with Crippen molar-refractivity contribution in [1.29, 1.82) is 0 Å². The van der Waals surface area contributed by atoms with Crippen molar-refractivity contribution >= 4 is 23.0 Å². The molecule has 1 aromatic carbocycles. The molecule has 0 bridgehead atoms. The Hall–Kier alpha value is -2.76. The third kappa shape index (κ3) is 2.11. The standard InChI is InChI=1S/C14H13N5O/c1-2-13-15-6-5-12(17-13)14-10-7-9(16-8-20)3-4-11(10)18-19-14/h3-8H,2H2,1H3,(H,16,20)(H,18,19). The molecule has 1 amide bonds. The highest BCUT2D eigenvalue weighted by molar-refractivity contribution is 5.95. The summed E-state index contributed by atoms with van der Waals surface area (Å²) >= 11 is 0. The second kappa shape index (κ2) is 5.08. The number of hydrogen-bond donors (Lipinski definition) is 2. The van der Waals surface area contributed by atoms with E-state index in [1.54, 1.807) is 6.20 Å². The number of aryl methyl sites for hydroxylation is 1. The molecule has 0 aliphatic rings. The van der Waals surface area contributed by atoms with Gasteiger partial charge in [0, 0.05) is 23.7 Å². The van der Waals surface area contributed by atoms with Crippen molar-refractivity contribution < 1.29 is 4.79 Å². The van der Waals surface area contributed by atoms with E-state index in [9.17, 15) is 4.79 Å². The van der Waals surface area contributed by atoms with Crippen LogP contribution in [0.4, 0.5) is 5.69 Å². The van der Waals surface area contributed by atoms with Gasteiger partial charge >= 0.3 is 0 Å². The number of carbonyl (C=O) groups is 1. The Morgan fingerprint density at radius 3 is 3.05 bits per heavy atom. The molecule has 6 heteroatoms. The highest BCUT2D eigenvalue weighted by Gasteiger charge is 2.10.